The average Bonchev–Trinajstić information content (AvgIpc) is 3.15. The highest BCUT2D eigenvalue weighted by molar-refractivity contribution is 5.96. The van der Waals surface area contributed by atoms with Gasteiger partial charge in [-0.05, 0) is 38.8 Å². The summed E-state index contributed by atoms with van der Waals surface area (Å²) < 4.78 is 22.2. The lowest BCUT2D eigenvalue weighted by Crippen LogP contribution is -2.40. The van der Waals surface area contributed by atoms with E-state index in [0.717, 1.165) is 0 Å². The lowest BCUT2D eigenvalue weighted by molar-refractivity contribution is -0.238. The van der Waals surface area contributed by atoms with Crippen molar-refractivity contribution in [1.82, 2.24) is 0 Å². The summed E-state index contributed by atoms with van der Waals surface area (Å²) in [6.07, 6.45) is 2.95. The fourth-order valence-corrected chi connectivity index (χ4v) is 4.08. The molecule has 2 N–H and O–H groups in total. The molecule has 0 unspecified atom stereocenters. The van der Waals surface area contributed by atoms with E-state index in [9.17, 15) is 19.5 Å². The van der Waals surface area contributed by atoms with Crippen molar-refractivity contribution in [1.29, 1.82) is 0 Å². The van der Waals surface area contributed by atoms with Crippen LogP contribution in [0.2, 0.25) is 0 Å². The predicted molar refractivity (Wildman–Crippen MR) is 106 cm³/mol. The van der Waals surface area contributed by atoms with Crippen molar-refractivity contribution < 1.29 is 43.5 Å². The van der Waals surface area contributed by atoms with Crippen LogP contribution in [0.5, 0.6) is 0 Å². The zero-order valence-electron chi connectivity index (χ0n) is 18.1. The number of esters is 3. The van der Waals surface area contributed by atoms with Gasteiger partial charge in [0, 0.05) is 30.4 Å². The number of carbonyl (C=O) groups is 3. The molecule has 0 saturated carbocycles. The van der Waals surface area contributed by atoms with Gasteiger partial charge in [-0.3, -0.25) is 4.79 Å². The van der Waals surface area contributed by atoms with Crippen molar-refractivity contribution >= 4 is 17.9 Å². The Morgan fingerprint density at radius 1 is 1.32 bits per heavy atom. The van der Waals surface area contributed by atoms with E-state index in [1.165, 1.54) is 19.9 Å². The summed E-state index contributed by atoms with van der Waals surface area (Å²) in [6.45, 7) is 5.60. The molecular weight excluding hydrogens is 408 g/mol. The van der Waals surface area contributed by atoms with E-state index in [4.69, 9.17) is 24.1 Å². The Hall–Kier alpha value is -2.49. The standard InChI is InChI=1S/C22H28O9/c1-12(5-8-23)19(25)29-16-9-13(2)22(27)7-6-21(4,31-22)10-17-18(16)15(20(26)30-17)11-28-14(3)24/h5,10,13,16,23,27H,6-9,11H2,1-4H3/b12-5+,17-10+/t13-,16+,21+,22-/m1/s1. The first-order valence-electron chi connectivity index (χ1n) is 10.2. The van der Waals surface area contributed by atoms with Crippen molar-refractivity contribution in [2.45, 2.75) is 64.4 Å². The molecule has 0 spiro atoms. The molecule has 31 heavy (non-hydrogen) atoms. The summed E-state index contributed by atoms with van der Waals surface area (Å²) in [5.41, 5.74) is -0.337. The van der Waals surface area contributed by atoms with E-state index in [2.05, 4.69) is 0 Å². The van der Waals surface area contributed by atoms with E-state index >= 15 is 0 Å². The normalized spacial score (nSPS) is 34.7. The van der Waals surface area contributed by atoms with Crippen LogP contribution in [0.25, 0.3) is 0 Å². The number of aliphatic hydroxyl groups is 2. The van der Waals surface area contributed by atoms with Crippen LogP contribution in [0.15, 0.2) is 34.6 Å². The van der Waals surface area contributed by atoms with Crippen molar-refractivity contribution in [3.05, 3.63) is 34.6 Å². The number of ether oxygens (including phenoxy) is 4. The Balaban J connectivity index is 2.10. The third kappa shape index (κ3) is 4.73. The molecule has 3 aliphatic heterocycles. The molecule has 2 bridgehead atoms. The Labute approximate surface area is 180 Å². The average molecular weight is 436 g/mol. The zero-order chi connectivity index (χ0) is 23.0. The van der Waals surface area contributed by atoms with Gasteiger partial charge in [0.25, 0.3) is 0 Å². The van der Waals surface area contributed by atoms with E-state index in [0.29, 0.717) is 18.4 Å². The molecule has 3 rings (SSSR count). The van der Waals surface area contributed by atoms with Crippen molar-refractivity contribution in [2.24, 2.45) is 5.92 Å². The van der Waals surface area contributed by atoms with Gasteiger partial charge >= 0.3 is 17.9 Å². The van der Waals surface area contributed by atoms with Gasteiger partial charge in [-0.15, -0.1) is 0 Å². The van der Waals surface area contributed by atoms with Gasteiger partial charge in [0.15, 0.2) is 5.79 Å². The highest BCUT2D eigenvalue weighted by Crippen LogP contribution is 2.47. The molecule has 0 aromatic rings. The Morgan fingerprint density at radius 3 is 2.68 bits per heavy atom. The lowest BCUT2D eigenvalue weighted by Gasteiger charge is -2.33. The molecule has 0 radical (unpaired) electrons. The number of carbonyl (C=O) groups excluding carboxylic acids is 3. The maximum atomic E-state index is 12.6. The minimum absolute atomic E-state index is 0.0728. The van der Waals surface area contributed by atoms with E-state index < -0.39 is 41.3 Å². The van der Waals surface area contributed by atoms with Gasteiger partial charge in [0.2, 0.25) is 0 Å². The van der Waals surface area contributed by atoms with E-state index in [-0.39, 0.29) is 36.5 Å². The Kier molecular flexibility index (Phi) is 6.40. The van der Waals surface area contributed by atoms with Gasteiger partial charge in [-0.1, -0.05) is 6.92 Å². The number of aliphatic hydroxyl groups excluding tert-OH is 1. The number of hydrogen-bond acceptors (Lipinski definition) is 9. The first-order chi connectivity index (χ1) is 14.5. The fourth-order valence-electron chi connectivity index (χ4n) is 4.08. The first kappa shape index (κ1) is 23.2. The summed E-state index contributed by atoms with van der Waals surface area (Å²) in [5, 5.41) is 20.1. The molecule has 170 valence electrons. The SMILES string of the molecule is CC(=O)OCC1=C2/C(=C\[C@]3(C)CC[C@@](O)(O3)[C@H](C)C[C@@H]2OC(=O)/C(C)=C/CO)OC1=O. The molecule has 4 atom stereocenters. The van der Waals surface area contributed by atoms with Gasteiger partial charge < -0.3 is 29.2 Å². The highest BCUT2D eigenvalue weighted by Gasteiger charge is 2.52. The summed E-state index contributed by atoms with van der Waals surface area (Å²) in [7, 11) is 0. The topological polar surface area (TPSA) is 129 Å². The maximum absolute atomic E-state index is 12.6. The smallest absolute Gasteiger partial charge is 0.343 e. The summed E-state index contributed by atoms with van der Waals surface area (Å²) in [6, 6.07) is 0. The summed E-state index contributed by atoms with van der Waals surface area (Å²) >= 11 is 0. The monoisotopic (exact) mass is 436 g/mol. The zero-order valence-corrected chi connectivity index (χ0v) is 18.1. The van der Waals surface area contributed by atoms with Crippen LogP contribution < -0.4 is 0 Å². The molecule has 0 aliphatic carbocycles. The van der Waals surface area contributed by atoms with Crippen LogP contribution in [0, 0.1) is 5.92 Å². The molecule has 1 saturated heterocycles. The van der Waals surface area contributed by atoms with Gasteiger partial charge in [0.05, 0.1) is 17.8 Å². The van der Waals surface area contributed by atoms with E-state index in [1.54, 1.807) is 19.9 Å². The predicted octanol–water partition coefficient (Wildman–Crippen LogP) is 1.43. The molecule has 0 amide bonds. The van der Waals surface area contributed by atoms with Gasteiger partial charge in [-0.2, -0.15) is 0 Å². The summed E-state index contributed by atoms with van der Waals surface area (Å²) in [5.74, 6) is -3.70. The maximum Gasteiger partial charge on any atom is 0.343 e. The van der Waals surface area contributed by atoms with Crippen LogP contribution in [0.4, 0.5) is 0 Å². The molecule has 3 aliphatic rings. The number of hydrogen-bond donors (Lipinski definition) is 2. The lowest BCUT2D eigenvalue weighted by atomic mass is 9.86. The minimum Gasteiger partial charge on any atom is -0.461 e. The third-order valence-electron chi connectivity index (χ3n) is 5.91. The molecule has 3 heterocycles. The molecule has 1 fully saturated rings. The van der Waals surface area contributed by atoms with Gasteiger partial charge in [-0.25, -0.2) is 9.59 Å². The number of rotatable bonds is 5. The van der Waals surface area contributed by atoms with Crippen LogP contribution >= 0.6 is 0 Å². The highest BCUT2D eigenvalue weighted by atomic mass is 16.6. The van der Waals surface area contributed by atoms with E-state index in [1.807, 2.05) is 0 Å². The third-order valence-corrected chi connectivity index (χ3v) is 5.91. The second kappa shape index (κ2) is 8.57. The second-order valence-electron chi connectivity index (χ2n) is 8.43. The summed E-state index contributed by atoms with van der Waals surface area (Å²) in [4.78, 5) is 36.5. The first-order valence-corrected chi connectivity index (χ1v) is 10.2. The Bertz CT molecular complexity index is 883. The van der Waals surface area contributed by atoms with Gasteiger partial charge in [0.1, 0.15) is 18.5 Å². The second-order valence-corrected chi connectivity index (χ2v) is 8.43. The van der Waals surface area contributed by atoms with Crippen LogP contribution in [-0.4, -0.2) is 58.8 Å². The van der Waals surface area contributed by atoms with Crippen molar-refractivity contribution in [3.8, 4) is 0 Å². The van der Waals surface area contributed by atoms with Crippen molar-refractivity contribution in [2.75, 3.05) is 13.2 Å². The molecule has 9 nitrogen and oxygen atoms in total. The fraction of sp³-hybridized carbons (Fsp3) is 0.591. The molecular formula is C22H28O9. The van der Waals surface area contributed by atoms with Crippen LogP contribution in [0.3, 0.4) is 0 Å². The minimum atomic E-state index is -1.44. The molecule has 0 aromatic heterocycles. The molecule has 0 aromatic carbocycles. The number of fused-ring (bicyclic) bond motifs is 3. The quantitative estimate of drug-likeness (QED) is 0.374. The van der Waals surface area contributed by atoms with Crippen LogP contribution in [-0.2, 0) is 33.3 Å². The van der Waals surface area contributed by atoms with Crippen LogP contribution in [0.1, 0.15) is 47.0 Å². The largest absolute Gasteiger partial charge is 0.461 e. The Morgan fingerprint density at radius 2 is 2.03 bits per heavy atom. The van der Waals surface area contributed by atoms with Crippen molar-refractivity contribution in [3.63, 3.8) is 0 Å². The molecule has 9 heteroatoms.